The Kier molecular flexibility index (Phi) is 5.45. The molecule has 1 aliphatic rings. The van der Waals surface area contributed by atoms with Crippen LogP contribution in [0.5, 0.6) is 0 Å². The van der Waals surface area contributed by atoms with Gasteiger partial charge in [-0.1, -0.05) is 12.1 Å². The van der Waals surface area contributed by atoms with Gasteiger partial charge in [-0.15, -0.1) is 0 Å². The summed E-state index contributed by atoms with van der Waals surface area (Å²) in [5, 5.41) is 10.2. The maximum absolute atomic E-state index is 12.9. The third-order valence-corrected chi connectivity index (χ3v) is 6.41. The molecule has 1 fully saturated rings. The molecule has 1 heterocycles. The van der Waals surface area contributed by atoms with Crippen molar-refractivity contribution in [2.24, 2.45) is 0 Å². The standard InChI is InChI=1S/C16H25FN2O3S/c1-13(2)23(21,22)19-9-8-16(20,12-19)11-18(3)10-14-4-6-15(17)7-5-14/h4-7,13,20H,8-12H2,1-3H3/t16-/m0/s1. The van der Waals surface area contributed by atoms with E-state index in [9.17, 15) is 17.9 Å². The Bertz CT molecular complexity index is 633. The lowest BCUT2D eigenvalue weighted by atomic mass is 10.0. The summed E-state index contributed by atoms with van der Waals surface area (Å²) in [5.41, 5.74) is -0.0985. The summed E-state index contributed by atoms with van der Waals surface area (Å²) in [7, 11) is -1.47. The molecule has 1 atom stereocenters. The SMILES string of the molecule is CC(C)S(=O)(=O)N1CC[C@](O)(CN(C)Cc2ccc(F)cc2)C1. The van der Waals surface area contributed by atoms with Crippen LogP contribution in [0.4, 0.5) is 4.39 Å². The number of benzene rings is 1. The summed E-state index contributed by atoms with van der Waals surface area (Å²) in [4.78, 5) is 1.93. The molecule has 1 aromatic rings. The topological polar surface area (TPSA) is 60.9 Å². The van der Waals surface area contributed by atoms with E-state index in [1.807, 2.05) is 11.9 Å². The van der Waals surface area contributed by atoms with Crippen molar-refractivity contribution in [2.45, 2.75) is 37.7 Å². The number of halogens is 1. The van der Waals surface area contributed by atoms with E-state index in [0.29, 0.717) is 26.1 Å². The van der Waals surface area contributed by atoms with E-state index in [1.54, 1.807) is 26.0 Å². The molecule has 130 valence electrons. The molecule has 0 aliphatic carbocycles. The first kappa shape index (κ1) is 18.3. The Labute approximate surface area is 137 Å². The van der Waals surface area contributed by atoms with E-state index >= 15 is 0 Å². The van der Waals surface area contributed by atoms with Crippen LogP contribution in [0.15, 0.2) is 24.3 Å². The molecule has 0 radical (unpaired) electrons. The van der Waals surface area contributed by atoms with Gasteiger partial charge in [0.15, 0.2) is 0 Å². The molecule has 23 heavy (non-hydrogen) atoms. The highest BCUT2D eigenvalue weighted by atomic mass is 32.2. The number of β-amino-alcohol motifs (C(OH)–C–C–N with tert-alkyl or cyclic N) is 1. The minimum absolute atomic E-state index is 0.126. The van der Waals surface area contributed by atoms with Gasteiger partial charge in [-0.05, 0) is 45.0 Å². The van der Waals surface area contributed by atoms with Gasteiger partial charge in [-0.25, -0.2) is 12.8 Å². The van der Waals surface area contributed by atoms with Crippen LogP contribution in [0.1, 0.15) is 25.8 Å². The molecule has 1 aromatic carbocycles. The van der Waals surface area contributed by atoms with Crippen LogP contribution in [0.3, 0.4) is 0 Å². The summed E-state index contributed by atoms with van der Waals surface area (Å²) >= 11 is 0. The molecule has 0 bridgehead atoms. The van der Waals surface area contributed by atoms with Gasteiger partial charge in [0, 0.05) is 26.2 Å². The Morgan fingerprint density at radius 2 is 1.96 bits per heavy atom. The molecule has 1 N–H and O–H groups in total. The Balaban J connectivity index is 1.96. The van der Waals surface area contributed by atoms with Crippen LogP contribution in [-0.2, 0) is 16.6 Å². The molecular formula is C16H25FN2O3S. The molecule has 1 saturated heterocycles. The Morgan fingerprint density at radius 3 is 2.52 bits per heavy atom. The molecular weight excluding hydrogens is 319 g/mol. The van der Waals surface area contributed by atoms with Crippen LogP contribution >= 0.6 is 0 Å². The molecule has 0 saturated carbocycles. The normalized spacial score (nSPS) is 23.1. The summed E-state index contributed by atoms with van der Waals surface area (Å²) in [6.45, 7) is 4.71. The fourth-order valence-electron chi connectivity index (χ4n) is 2.92. The lowest BCUT2D eigenvalue weighted by Gasteiger charge is -2.29. The highest BCUT2D eigenvalue weighted by Gasteiger charge is 2.42. The smallest absolute Gasteiger partial charge is 0.216 e. The van der Waals surface area contributed by atoms with Crippen molar-refractivity contribution in [3.05, 3.63) is 35.6 Å². The third kappa shape index (κ3) is 4.50. The fourth-order valence-corrected chi connectivity index (χ4v) is 4.29. The second kappa shape index (κ2) is 6.84. The predicted octanol–water partition coefficient (Wildman–Crippen LogP) is 1.43. The lowest BCUT2D eigenvalue weighted by Crippen LogP contribution is -2.45. The lowest BCUT2D eigenvalue weighted by molar-refractivity contribution is 0.0219. The molecule has 2 rings (SSSR count). The van der Waals surface area contributed by atoms with Gasteiger partial charge in [0.2, 0.25) is 10.0 Å². The average Bonchev–Trinajstić information content (AvgIpc) is 2.84. The zero-order valence-corrected chi connectivity index (χ0v) is 14.7. The van der Waals surface area contributed by atoms with Crippen LogP contribution < -0.4 is 0 Å². The van der Waals surface area contributed by atoms with Gasteiger partial charge in [-0.2, -0.15) is 4.31 Å². The van der Waals surface area contributed by atoms with Crippen LogP contribution in [0.2, 0.25) is 0 Å². The van der Waals surface area contributed by atoms with Crippen molar-refractivity contribution < 1.29 is 17.9 Å². The number of aliphatic hydroxyl groups is 1. The van der Waals surface area contributed by atoms with E-state index in [4.69, 9.17) is 0 Å². The number of sulfonamides is 1. The molecule has 0 aromatic heterocycles. The molecule has 0 unspecified atom stereocenters. The van der Waals surface area contributed by atoms with Gasteiger partial charge in [-0.3, -0.25) is 4.90 Å². The number of hydrogen-bond donors (Lipinski definition) is 1. The molecule has 0 spiro atoms. The minimum Gasteiger partial charge on any atom is -0.387 e. The zero-order chi connectivity index (χ0) is 17.3. The molecule has 5 nitrogen and oxygen atoms in total. The minimum atomic E-state index is -3.33. The monoisotopic (exact) mass is 344 g/mol. The van der Waals surface area contributed by atoms with Gasteiger partial charge < -0.3 is 5.11 Å². The maximum Gasteiger partial charge on any atom is 0.216 e. The summed E-state index contributed by atoms with van der Waals surface area (Å²) in [5.74, 6) is -0.277. The highest BCUT2D eigenvalue weighted by Crippen LogP contribution is 2.26. The number of rotatable bonds is 6. The van der Waals surface area contributed by atoms with Crippen molar-refractivity contribution in [3.63, 3.8) is 0 Å². The summed E-state index contributed by atoms with van der Waals surface area (Å²) in [6.07, 6.45) is 0.423. The molecule has 1 aliphatic heterocycles. The number of nitrogens with zero attached hydrogens (tertiary/aromatic N) is 2. The first-order chi connectivity index (χ1) is 10.6. The van der Waals surface area contributed by atoms with Crippen molar-refractivity contribution in [1.82, 2.24) is 9.21 Å². The van der Waals surface area contributed by atoms with Gasteiger partial charge in [0.25, 0.3) is 0 Å². The number of likely N-dealkylation sites (N-methyl/N-ethyl adjacent to an activating group) is 1. The first-order valence-corrected chi connectivity index (χ1v) is 9.27. The largest absolute Gasteiger partial charge is 0.387 e. The van der Waals surface area contributed by atoms with Gasteiger partial charge in [0.1, 0.15) is 5.82 Å². The van der Waals surface area contributed by atoms with Crippen molar-refractivity contribution in [2.75, 3.05) is 26.7 Å². The second-order valence-electron chi connectivity index (χ2n) is 6.70. The van der Waals surface area contributed by atoms with E-state index in [0.717, 1.165) is 5.56 Å². The predicted molar refractivity (Wildman–Crippen MR) is 87.9 cm³/mol. The summed E-state index contributed by atoms with van der Waals surface area (Å²) in [6, 6.07) is 6.23. The molecule has 7 heteroatoms. The zero-order valence-electron chi connectivity index (χ0n) is 13.9. The van der Waals surface area contributed by atoms with Crippen molar-refractivity contribution in [3.8, 4) is 0 Å². The van der Waals surface area contributed by atoms with Crippen molar-refractivity contribution >= 4 is 10.0 Å². The number of hydrogen-bond acceptors (Lipinski definition) is 4. The highest BCUT2D eigenvalue weighted by molar-refractivity contribution is 7.89. The van der Waals surface area contributed by atoms with E-state index < -0.39 is 20.9 Å². The van der Waals surface area contributed by atoms with Gasteiger partial charge in [0.05, 0.1) is 10.9 Å². The Morgan fingerprint density at radius 1 is 1.35 bits per heavy atom. The first-order valence-electron chi connectivity index (χ1n) is 7.77. The van der Waals surface area contributed by atoms with Crippen molar-refractivity contribution in [1.29, 1.82) is 0 Å². The molecule has 0 amide bonds. The average molecular weight is 344 g/mol. The fraction of sp³-hybridized carbons (Fsp3) is 0.625. The van der Waals surface area contributed by atoms with Crippen LogP contribution in [0.25, 0.3) is 0 Å². The summed E-state index contributed by atoms with van der Waals surface area (Å²) < 4.78 is 38.7. The van der Waals surface area contributed by atoms with E-state index in [2.05, 4.69) is 0 Å². The maximum atomic E-state index is 12.9. The van der Waals surface area contributed by atoms with Gasteiger partial charge >= 0.3 is 0 Å². The van der Waals surface area contributed by atoms with Crippen LogP contribution in [-0.4, -0.2) is 60.3 Å². The van der Waals surface area contributed by atoms with E-state index in [1.165, 1.54) is 16.4 Å². The Hall–Kier alpha value is -1.02. The van der Waals surface area contributed by atoms with E-state index in [-0.39, 0.29) is 12.4 Å². The third-order valence-electron chi connectivity index (χ3n) is 4.18. The van der Waals surface area contributed by atoms with Crippen LogP contribution in [0, 0.1) is 5.82 Å². The quantitative estimate of drug-likeness (QED) is 0.848. The second-order valence-corrected chi connectivity index (χ2v) is 9.19.